The van der Waals surface area contributed by atoms with Crippen LogP contribution in [0.3, 0.4) is 0 Å². The van der Waals surface area contributed by atoms with E-state index >= 15 is 0 Å². The Labute approximate surface area is 131 Å². The van der Waals surface area contributed by atoms with Gasteiger partial charge in [0.05, 0.1) is 12.6 Å². The predicted molar refractivity (Wildman–Crippen MR) is 88.1 cm³/mol. The molecule has 1 aliphatic heterocycles. The van der Waals surface area contributed by atoms with Crippen molar-refractivity contribution in [3.05, 3.63) is 47.7 Å². The third-order valence-corrected chi connectivity index (χ3v) is 4.18. The van der Waals surface area contributed by atoms with E-state index in [1.807, 2.05) is 13.0 Å². The number of fused-ring (bicyclic) bond motifs is 1. The van der Waals surface area contributed by atoms with Crippen LogP contribution in [0, 0.1) is 0 Å². The molecule has 2 atom stereocenters. The summed E-state index contributed by atoms with van der Waals surface area (Å²) < 4.78 is 0. The Bertz CT molecular complexity index is 646. The maximum Gasteiger partial charge on any atom is 0.224 e. The van der Waals surface area contributed by atoms with E-state index in [1.54, 1.807) is 6.20 Å². The second-order valence-electron chi connectivity index (χ2n) is 5.78. The van der Waals surface area contributed by atoms with Gasteiger partial charge in [-0.3, -0.25) is 0 Å². The molecule has 2 aromatic rings. The van der Waals surface area contributed by atoms with E-state index in [1.165, 1.54) is 11.1 Å². The monoisotopic (exact) mass is 298 g/mol. The number of hydrogen-bond acceptors (Lipinski definition) is 5. The van der Waals surface area contributed by atoms with Crippen LogP contribution in [0.4, 0.5) is 11.8 Å². The molecule has 0 fully saturated rings. The van der Waals surface area contributed by atoms with E-state index in [4.69, 9.17) is 5.11 Å². The Morgan fingerprint density at radius 2 is 2.18 bits per heavy atom. The summed E-state index contributed by atoms with van der Waals surface area (Å²) in [5, 5.41) is 12.2. The molecule has 5 heteroatoms. The summed E-state index contributed by atoms with van der Waals surface area (Å²) in [7, 11) is 0. The van der Waals surface area contributed by atoms with Gasteiger partial charge in [-0.1, -0.05) is 24.3 Å². The lowest BCUT2D eigenvalue weighted by molar-refractivity contribution is 0.281. The highest BCUT2D eigenvalue weighted by Gasteiger charge is 2.24. The Balaban J connectivity index is 1.84. The molecule has 0 saturated carbocycles. The fourth-order valence-corrected chi connectivity index (χ4v) is 2.93. The summed E-state index contributed by atoms with van der Waals surface area (Å²) in [6.45, 7) is 5.12. The van der Waals surface area contributed by atoms with Gasteiger partial charge >= 0.3 is 0 Å². The number of aliphatic hydroxyl groups is 1. The van der Waals surface area contributed by atoms with Crippen LogP contribution in [0.25, 0.3) is 0 Å². The standard InChI is InChI=1S/C17H22N4O/c1-12(11-22)19-17-18-9-7-16(20-17)21-10-8-14-5-3-4-6-15(14)13(21)2/h3-7,9,12-13,22H,8,10-11H2,1-2H3,(H,18,19,20)/t12-,13+/m0/s1. The first-order valence-corrected chi connectivity index (χ1v) is 7.74. The Kier molecular flexibility index (Phi) is 4.24. The zero-order valence-corrected chi connectivity index (χ0v) is 13.0. The molecule has 1 aromatic carbocycles. The minimum absolute atomic E-state index is 0.0566. The Hall–Kier alpha value is -2.14. The van der Waals surface area contributed by atoms with Gasteiger partial charge in [-0.2, -0.15) is 4.98 Å². The predicted octanol–water partition coefficient (Wildman–Crippen LogP) is 2.39. The molecule has 0 unspecified atom stereocenters. The number of anilines is 2. The number of aliphatic hydroxyl groups excluding tert-OH is 1. The Morgan fingerprint density at radius 1 is 1.36 bits per heavy atom. The molecule has 0 spiro atoms. The topological polar surface area (TPSA) is 61.3 Å². The van der Waals surface area contributed by atoms with Crippen LogP contribution in [0.15, 0.2) is 36.5 Å². The van der Waals surface area contributed by atoms with Gasteiger partial charge in [-0.05, 0) is 37.5 Å². The van der Waals surface area contributed by atoms with E-state index in [2.05, 4.69) is 51.4 Å². The number of rotatable bonds is 4. The molecule has 3 rings (SSSR count). The number of hydrogen-bond donors (Lipinski definition) is 2. The number of nitrogens with zero attached hydrogens (tertiary/aromatic N) is 3. The average Bonchev–Trinajstić information content (AvgIpc) is 2.55. The number of benzene rings is 1. The fraction of sp³-hybridized carbons (Fsp3) is 0.412. The smallest absolute Gasteiger partial charge is 0.224 e. The zero-order chi connectivity index (χ0) is 15.5. The van der Waals surface area contributed by atoms with Crippen molar-refractivity contribution in [3.8, 4) is 0 Å². The molecule has 2 N–H and O–H groups in total. The first-order valence-electron chi connectivity index (χ1n) is 7.74. The highest BCUT2D eigenvalue weighted by atomic mass is 16.3. The van der Waals surface area contributed by atoms with Crippen molar-refractivity contribution in [2.24, 2.45) is 0 Å². The third kappa shape index (κ3) is 2.90. The van der Waals surface area contributed by atoms with E-state index in [0.717, 1.165) is 18.8 Å². The molecule has 1 aliphatic rings. The van der Waals surface area contributed by atoms with Crippen molar-refractivity contribution in [3.63, 3.8) is 0 Å². The lowest BCUT2D eigenvalue weighted by Crippen LogP contribution is -2.34. The van der Waals surface area contributed by atoms with Crippen molar-refractivity contribution in [2.75, 3.05) is 23.4 Å². The second kappa shape index (κ2) is 6.32. The molecule has 116 valence electrons. The van der Waals surface area contributed by atoms with Crippen LogP contribution in [0.5, 0.6) is 0 Å². The SMILES string of the molecule is C[C@@H]1c2ccccc2CCN1c1ccnc(N[C@@H](C)CO)n1. The van der Waals surface area contributed by atoms with Crippen LogP contribution in [0.1, 0.15) is 31.0 Å². The van der Waals surface area contributed by atoms with Gasteiger partial charge in [0.25, 0.3) is 0 Å². The minimum Gasteiger partial charge on any atom is -0.394 e. The summed E-state index contributed by atoms with van der Waals surface area (Å²) >= 11 is 0. The maximum atomic E-state index is 9.14. The molecule has 5 nitrogen and oxygen atoms in total. The molecule has 1 aromatic heterocycles. The minimum atomic E-state index is -0.0604. The van der Waals surface area contributed by atoms with Crippen molar-refractivity contribution >= 4 is 11.8 Å². The third-order valence-electron chi connectivity index (χ3n) is 4.18. The molecule has 2 heterocycles. The highest BCUT2D eigenvalue weighted by molar-refractivity contribution is 5.49. The van der Waals surface area contributed by atoms with Crippen LogP contribution >= 0.6 is 0 Å². The molecule has 0 bridgehead atoms. The average molecular weight is 298 g/mol. The normalized spacial score (nSPS) is 18.7. The quantitative estimate of drug-likeness (QED) is 0.907. The number of nitrogens with one attached hydrogen (secondary N) is 1. The van der Waals surface area contributed by atoms with E-state index in [0.29, 0.717) is 12.0 Å². The van der Waals surface area contributed by atoms with Gasteiger partial charge < -0.3 is 15.3 Å². The first-order chi connectivity index (χ1) is 10.7. The Morgan fingerprint density at radius 3 is 3.00 bits per heavy atom. The van der Waals surface area contributed by atoms with Gasteiger partial charge in [-0.25, -0.2) is 4.98 Å². The lowest BCUT2D eigenvalue weighted by Gasteiger charge is -2.36. The maximum absolute atomic E-state index is 9.14. The van der Waals surface area contributed by atoms with E-state index < -0.39 is 0 Å². The second-order valence-corrected chi connectivity index (χ2v) is 5.78. The molecule has 0 radical (unpaired) electrons. The molecule has 22 heavy (non-hydrogen) atoms. The lowest BCUT2D eigenvalue weighted by atomic mass is 9.94. The fourth-order valence-electron chi connectivity index (χ4n) is 2.93. The molecule has 0 amide bonds. The summed E-state index contributed by atoms with van der Waals surface area (Å²) in [4.78, 5) is 11.1. The largest absolute Gasteiger partial charge is 0.394 e. The number of aromatic nitrogens is 2. The van der Waals surface area contributed by atoms with Gasteiger partial charge in [0.15, 0.2) is 0 Å². The van der Waals surface area contributed by atoms with Gasteiger partial charge in [-0.15, -0.1) is 0 Å². The molecule has 0 aliphatic carbocycles. The van der Waals surface area contributed by atoms with Crippen LogP contribution < -0.4 is 10.2 Å². The van der Waals surface area contributed by atoms with Crippen LogP contribution in [0.2, 0.25) is 0 Å². The van der Waals surface area contributed by atoms with E-state index in [-0.39, 0.29) is 12.6 Å². The van der Waals surface area contributed by atoms with Crippen molar-refractivity contribution < 1.29 is 5.11 Å². The van der Waals surface area contributed by atoms with Gasteiger partial charge in [0.1, 0.15) is 5.82 Å². The van der Waals surface area contributed by atoms with E-state index in [9.17, 15) is 0 Å². The molecular formula is C17H22N4O. The summed E-state index contributed by atoms with van der Waals surface area (Å²) in [6, 6.07) is 10.8. The molecule has 0 saturated heterocycles. The summed E-state index contributed by atoms with van der Waals surface area (Å²) in [6.07, 6.45) is 2.79. The van der Waals surface area contributed by atoms with Crippen molar-refractivity contribution in [2.45, 2.75) is 32.4 Å². The van der Waals surface area contributed by atoms with Gasteiger partial charge in [0, 0.05) is 18.8 Å². The van der Waals surface area contributed by atoms with Gasteiger partial charge in [0.2, 0.25) is 5.95 Å². The summed E-state index contributed by atoms with van der Waals surface area (Å²) in [5.74, 6) is 1.48. The molecular weight excluding hydrogens is 276 g/mol. The van der Waals surface area contributed by atoms with Crippen LogP contribution in [-0.2, 0) is 6.42 Å². The summed E-state index contributed by atoms with van der Waals surface area (Å²) in [5.41, 5.74) is 2.79. The van der Waals surface area contributed by atoms with Crippen LogP contribution in [-0.4, -0.2) is 34.3 Å². The highest BCUT2D eigenvalue weighted by Crippen LogP contribution is 2.32. The zero-order valence-electron chi connectivity index (χ0n) is 13.0. The van der Waals surface area contributed by atoms with Crippen molar-refractivity contribution in [1.82, 2.24) is 9.97 Å². The first kappa shape index (κ1) is 14.8. The van der Waals surface area contributed by atoms with Crippen molar-refractivity contribution in [1.29, 1.82) is 0 Å².